The van der Waals surface area contributed by atoms with Crippen LogP contribution in [0.4, 0.5) is 0 Å². The van der Waals surface area contributed by atoms with Crippen molar-refractivity contribution >= 4 is 22.6 Å². The van der Waals surface area contributed by atoms with E-state index in [0.717, 1.165) is 29.7 Å². The van der Waals surface area contributed by atoms with Gasteiger partial charge in [0.25, 0.3) is 0 Å². The predicted octanol–water partition coefficient (Wildman–Crippen LogP) is 3.82. The standard InChI is InChI=1S/C13H17ClN2/c1-3-5-9-6-7-11-13(10(9)4-2)16-12(8-14)15-11/h6-7H,3-5,8H2,1-2H3,(H,15,16). The number of rotatable bonds is 4. The van der Waals surface area contributed by atoms with Gasteiger partial charge in [-0.3, -0.25) is 0 Å². The number of aromatic amines is 1. The van der Waals surface area contributed by atoms with Gasteiger partial charge < -0.3 is 4.98 Å². The molecule has 2 rings (SSSR count). The molecule has 0 aliphatic heterocycles. The molecular formula is C13H17ClN2. The van der Waals surface area contributed by atoms with Crippen LogP contribution in [0.1, 0.15) is 37.2 Å². The molecule has 0 unspecified atom stereocenters. The molecule has 16 heavy (non-hydrogen) atoms. The van der Waals surface area contributed by atoms with Crippen LogP contribution in [0.2, 0.25) is 0 Å². The maximum atomic E-state index is 5.80. The Morgan fingerprint density at radius 1 is 1.31 bits per heavy atom. The fourth-order valence-electron chi connectivity index (χ4n) is 2.19. The highest BCUT2D eigenvalue weighted by atomic mass is 35.5. The number of aryl methyl sites for hydroxylation is 2. The smallest absolute Gasteiger partial charge is 0.122 e. The SMILES string of the molecule is CCCc1ccc2[nH]c(CCl)nc2c1CC. The number of imidazole rings is 1. The van der Waals surface area contributed by atoms with Gasteiger partial charge in [-0.05, 0) is 30.0 Å². The molecule has 0 bridgehead atoms. The van der Waals surface area contributed by atoms with Crippen molar-refractivity contribution in [2.75, 3.05) is 0 Å². The van der Waals surface area contributed by atoms with E-state index in [1.165, 1.54) is 17.5 Å². The molecule has 1 N–H and O–H groups in total. The minimum absolute atomic E-state index is 0.445. The minimum Gasteiger partial charge on any atom is -0.341 e. The first-order valence-corrected chi connectivity index (χ1v) is 6.38. The Hall–Kier alpha value is -1.02. The van der Waals surface area contributed by atoms with E-state index < -0.39 is 0 Å². The Kier molecular flexibility index (Phi) is 3.49. The molecule has 2 nitrogen and oxygen atoms in total. The number of nitrogens with zero attached hydrogens (tertiary/aromatic N) is 1. The molecule has 1 aromatic heterocycles. The number of aromatic nitrogens is 2. The molecule has 86 valence electrons. The lowest BCUT2D eigenvalue weighted by molar-refractivity contribution is 0.902. The molecule has 1 heterocycles. The summed E-state index contributed by atoms with van der Waals surface area (Å²) >= 11 is 5.80. The van der Waals surface area contributed by atoms with E-state index in [-0.39, 0.29) is 0 Å². The third-order valence-electron chi connectivity index (χ3n) is 2.90. The Balaban J connectivity index is 2.59. The Morgan fingerprint density at radius 3 is 2.75 bits per heavy atom. The topological polar surface area (TPSA) is 28.7 Å². The molecule has 0 spiro atoms. The molecule has 0 radical (unpaired) electrons. The van der Waals surface area contributed by atoms with E-state index in [1.807, 2.05) is 0 Å². The molecule has 0 saturated heterocycles. The molecule has 0 fully saturated rings. The van der Waals surface area contributed by atoms with Crippen LogP contribution in [0, 0.1) is 0 Å². The maximum absolute atomic E-state index is 5.80. The van der Waals surface area contributed by atoms with Crippen molar-refractivity contribution in [3.8, 4) is 0 Å². The lowest BCUT2D eigenvalue weighted by Crippen LogP contribution is -1.93. The maximum Gasteiger partial charge on any atom is 0.122 e. The van der Waals surface area contributed by atoms with Gasteiger partial charge >= 0.3 is 0 Å². The molecule has 0 saturated carbocycles. The van der Waals surface area contributed by atoms with Crippen LogP contribution >= 0.6 is 11.6 Å². The highest BCUT2D eigenvalue weighted by Crippen LogP contribution is 2.23. The van der Waals surface area contributed by atoms with Crippen molar-refractivity contribution in [2.24, 2.45) is 0 Å². The summed E-state index contributed by atoms with van der Waals surface area (Å²) < 4.78 is 0. The first kappa shape index (κ1) is 11.5. The number of hydrogen-bond donors (Lipinski definition) is 1. The monoisotopic (exact) mass is 236 g/mol. The molecule has 2 aromatic rings. The first-order chi connectivity index (χ1) is 7.80. The normalized spacial score (nSPS) is 11.2. The van der Waals surface area contributed by atoms with Gasteiger partial charge in [0.2, 0.25) is 0 Å². The van der Waals surface area contributed by atoms with Crippen molar-refractivity contribution in [1.82, 2.24) is 9.97 Å². The summed E-state index contributed by atoms with van der Waals surface area (Å²) in [6.07, 6.45) is 3.33. The second-order valence-corrected chi connectivity index (χ2v) is 4.29. The van der Waals surface area contributed by atoms with Crippen LogP contribution in [0.5, 0.6) is 0 Å². The Morgan fingerprint density at radius 2 is 2.12 bits per heavy atom. The summed E-state index contributed by atoms with van der Waals surface area (Å²) in [6, 6.07) is 4.32. The number of alkyl halides is 1. The number of H-pyrrole nitrogens is 1. The fourth-order valence-corrected chi connectivity index (χ4v) is 2.31. The average Bonchev–Trinajstić information content (AvgIpc) is 2.72. The van der Waals surface area contributed by atoms with Gasteiger partial charge in [-0.15, -0.1) is 11.6 Å². The molecule has 0 atom stereocenters. The van der Waals surface area contributed by atoms with Gasteiger partial charge in [-0.2, -0.15) is 0 Å². The highest BCUT2D eigenvalue weighted by molar-refractivity contribution is 6.16. The quantitative estimate of drug-likeness (QED) is 0.804. The van der Waals surface area contributed by atoms with Crippen LogP contribution in [0.3, 0.4) is 0 Å². The van der Waals surface area contributed by atoms with E-state index in [9.17, 15) is 0 Å². The summed E-state index contributed by atoms with van der Waals surface area (Å²) in [4.78, 5) is 7.80. The highest BCUT2D eigenvalue weighted by Gasteiger charge is 2.09. The van der Waals surface area contributed by atoms with E-state index in [4.69, 9.17) is 11.6 Å². The minimum atomic E-state index is 0.445. The summed E-state index contributed by atoms with van der Waals surface area (Å²) in [5.41, 5.74) is 4.99. The van der Waals surface area contributed by atoms with Crippen molar-refractivity contribution in [1.29, 1.82) is 0 Å². The third kappa shape index (κ3) is 1.94. The largest absolute Gasteiger partial charge is 0.341 e. The second-order valence-electron chi connectivity index (χ2n) is 4.02. The lowest BCUT2D eigenvalue weighted by atomic mass is 10.00. The van der Waals surface area contributed by atoms with Crippen molar-refractivity contribution < 1.29 is 0 Å². The Labute approximate surface area is 101 Å². The van der Waals surface area contributed by atoms with Crippen LogP contribution in [-0.2, 0) is 18.7 Å². The van der Waals surface area contributed by atoms with Crippen molar-refractivity contribution in [3.63, 3.8) is 0 Å². The van der Waals surface area contributed by atoms with Gasteiger partial charge in [0.15, 0.2) is 0 Å². The molecule has 0 amide bonds. The van der Waals surface area contributed by atoms with Gasteiger partial charge in [-0.25, -0.2) is 4.98 Å². The van der Waals surface area contributed by atoms with E-state index in [1.54, 1.807) is 0 Å². The fraction of sp³-hybridized carbons (Fsp3) is 0.462. The van der Waals surface area contributed by atoms with Crippen molar-refractivity contribution in [2.45, 2.75) is 39.0 Å². The molecule has 1 aromatic carbocycles. The zero-order valence-electron chi connectivity index (χ0n) is 9.81. The lowest BCUT2D eigenvalue weighted by Gasteiger charge is -2.06. The molecule has 0 aliphatic carbocycles. The van der Waals surface area contributed by atoms with Crippen LogP contribution in [0.25, 0.3) is 11.0 Å². The zero-order valence-corrected chi connectivity index (χ0v) is 10.6. The van der Waals surface area contributed by atoms with Crippen LogP contribution in [0.15, 0.2) is 12.1 Å². The second kappa shape index (κ2) is 4.88. The van der Waals surface area contributed by atoms with Gasteiger partial charge in [-0.1, -0.05) is 26.3 Å². The molecule has 0 aliphatic rings. The first-order valence-electron chi connectivity index (χ1n) is 5.85. The zero-order chi connectivity index (χ0) is 11.5. The predicted molar refractivity (Wildman–Crippen MR) is 69.0 cm³/mol. The summed E-state index contributed by atoms with van der Waals surface area (Å²) in [6.45, 7) is 4.39. The van der Waals surface area contributed by atoms with Gasteiger partial charge in [0, 0.05) is 0 Å². The third-order valence-corrected chi connectivity index (χ3v) is 3.16. The Bertz CT molecular complexity index is 488. The molecular weight excluding hydrogens is 220 g/mol. The van der Waals surface area contributed by atoms with E-state index in [2.05, 4.69) is 35.9 Å². The number of fused-ring (bicyclic) bond motifs is 1. The molecule has 3 heteroatoms. The van der Waals surface area contributed by atoms with Crippen LogP contribution in [-0.4, -0.2) is 9.97 Å². The summed E-state index contributed by atoms with van der Waals surface area (Å²) in [7, 11) is 0. The number of nitrogens with one attached hydrogen (secondary N) is 1. The average molecular weight is 237 g/mol. The number of hydrogen-bond acceptors (Lipinski definition) is 1. The van der Waals surface area contributed by atoms with Gasteiger partial charge in [0.1, 0.15) is 5.82 Å². The van der Waals surface area contributed by atoms with E-state index in [0.29, 0.717) is 5.88 Å². The van der Waals surface area contributed by atoms with Crippen LogP contribution < -0.4 is 0 Å². The van der Waals surface area contributed by atoms with Crippen molar-refractivity contribution in [3.05, 3.63) is 29.1 Å². The van der Waals surface area contributed by atoms with Gasteiger partial charge in [0.05, 0.1) is 16.9 Å². The summed E-state index contributed by atoms with van der Waals surface area (Å²) in [5.74, 6) is 1.31. The number of benzene rings is 1. The number of halogens is 1. The van der Waals surface area contributed by atoms with E-state index >= 15 is 0 Å². The summed E-state index contributed by atoms with van der Waals surface area (Å²) in [5, 5.41) is 0.